The highest BCUT2D eigenvalue weighted by atomic mass is 35.5. The molecule has 0 spiro atoms. The Bertz CT molecular complexity index is 313. The summed E-state index contributed by atoms with van der Waals surface area (Å²) in [4.78, 5) is 7.57. The Balaban J connectivity index is 2.62. The highest BCUT2D eigenvalue weighted by Gasteiger charge is 2.07. The molecule has 0 aliphatic carbocycles. The predicted octanol–water partition coefficient (Wildman–Crippen LogP) is 0.158. The van der Waals surface area contributed by atoms with Crippen LogP contribution in [0.2, 0.25) is 5.28 Å². The molecule has 0 radical (unpaired) electrons. The van der Waals surface area contributed by atoms with Crippen molar-refractivity contribution in [2.24, 2.45) is 0 Å². The van der Waals surface area contributed by atoms with Gasteiger partial charge in [0.25, 0.3) is 0 Å². The maximum Gasteiger partial charge on any atom is 0.223 e. The second-order valence-corrected chi connectivity index (χ2v) is 3.89. The van der Waals surface area contributed by atoms with Crippen LogP contribution in [0, 0.1) is 0 Å². The van der Waals surface area contributed by atoms with Gasteiger partial charge in [0, 0.05) is 5.75 Å². The Hall–Kier alpha value is -0.560. The molecule has 5 nitrogen and oxygen atoms in total. The molecule has 1 aromatic rings. The topological polar surface area (TPSA) is 92.3 Å². The number of hydrogen-bond donors (Lipinski definition) is 3. The van der Waals surface area contributed by atoms with E-state index in [2.05, 4.69) is 9.97 Å². The van der Waals surface area contributed by atoms with Gasteiger partial charge in [-0.05, 0) is 11.6 Å². The number of nitrogens with two attached hydrogens (primary N) is 1. The molecule has 0 aliphatic heterocycles. The summed E-state index contributed by atoms with van der Waals surface area (Å²) >= 11 is 6.79. The molecule has 0 aliphatic rings. The summed E-state index contributed by atoms with van der Waals surface area (Å²) < 4.78 is 0. The van der Waals surface area contributed by atoms with Crippen LogP contribution < -0.4 is 5.73 Å². The van der Waals surface area contributed by atoms with E-state index < -0.39 is 6.10 Å². The number of aromatic nitrogens is 2. The molecule has 0 fully saturated rings. The van der Waals surface area contributed by atoms with E-state index in [0.29, 0.717) is 16.5 Å². The summed E-state index contributed by atoms with van der Waals surface area (Å²) in [6.45, 7) is -0.286. The number of nitrogens with zero attached hydrogens (tertiary/aromatic N) is 2. The van der Waals surface area contributed by atoms with Gasteiger partial charge >= 0.3 is 0 Å². The number of aliphatic hydroxyl groups excluding tert-OH is 2. The molecule has 0 saturated carbocycles. The minimum absolute atomic E-state index is 0.111. The van der Waals surface area contributed by atoms with Crippen LogP contribution in [-0.4, -0.2) is 38.6 Å². The van der Waals surface area contributed by atoms with Crippen molar-refractivity contribution in [3.63, 3.8) is 0 Å². The van der Waals surface area contributed by atoms with Crippen molar-refractivity contribution >= 4 is 29.1 Å². The number of rotatable bonds is 4. The minimum atomic E-state index is -0.784. The number of anilines is 1. The lowest BCUT2D eigenvalue weighted by Crippen LogP contribution is -2.14. The molecule has 1 rings (SSSR count). The van der Waals surface area contributed by atoms with Crippen LogP contribution in [0.1, 0.15) is 0 Å². The quantitative estimate of drug-likeness (QED) is 0.391. The van der Waals surface area contributed by atoms with E-state index in [1.165, 1.54) is 18.0 Å². The van der Waals surface area contributed by atoms with Crippen molar-refractivity contribution in [3.8, 4) is 0 Å². The normalized spacial score (nSPS) is 12.8. The van der Waals surface area contributed by atoms with Crippen molar-refractivity contribution in [2.45, 2.75) is 11.1 Å². The highest BCUT2D eigenvalue weighted by Crippen LogP contribution is 2.23. The van der Waals surface area contributed by atoms with E-state index in [-0.39, 0.29) is 11.9 Å². The fraction of sp³-hybridized carbons (Fsp3) is 0.429. The average Bonchev–Trinajstić information content (AvgIpc) is 2.19. The smallest absolute Gasteiger partial charge is 0.223 e. The number of thioether (sulfide) groups is 1. The molecule has 1 unspecified atom stereocenters. The van der Waals surface area contributed by atoms with Gasteiger partial charge < -0.3 is 15.9 Å². The van der Waals surface area contributed by atoms with Crippen molar-refractivity contribution in [3.05, 3.63) is 11.5 Å². The summed E-state index contributed by atoms with van der Waals surface area (Å²) in [5.74, 6) is 0.314. The van der Waals surface area contributed by atoms with Crippen molar-refractivity contribution in [2.75, 3.05) is 18.1 Å². The van der Waals surface area contributed by atoms with Gasteiger partial charge in [0.15, 0.2) is 0 Å². The Kier molecular flexibility index (Phi) is 4.40. The number of halogens is 1. The first-order valence-electron chi connectivity index (χ1n) is 3.83. The molecule has 7 heteroatoms. The van der Waals surface area contributed by atoms with Crippen LogP contribution in [0.4, 0.5) is 5.69 Å². The van der Waals surface area contributed by atoms with Gasteiger partial charge in [-0.25, -0.2) is 9.97 Å². The van der Waals surface area contributed by atoms with Crippen LogP contribution >= 0.6 is 23.4 Å². The lowest BCUT2D eigenvalue weighted by Gasteiger charge is -2.07. The standard InChI is InChI=1S/C7H10ClN3O2S/c8-7-10-1-5(9)6(11-7)14-3-4(13)2-12/h1,4,12-13H,2-3,9H2. The molecule has 1 heterocycles. The molecule has 1 aromatic heterocycles. The van der Waals surface area contributed by atoms with E-state index in [1.807, 2.05) is 0 Å². The van der Waals surface area contributed by atoms with Crippen LogP contribution in [0.5, 0.6) is 0 Å². The third kappa shape index (κ3) is 3.30. The first kappa shape index (κ1) is 11.5. The second-order valence-electron chi connectivity index (χ2n) is 2.55. The third-order valence-corrected chi connectivity index (χ3v) is 2.71. The van der Waals surface area contributed by atoms with Gasteiger partial charge in [0.1, 0.15) is 5.03 Å². The zero-order valence-corrected chi connectivity index (χ0v) is 8.79. The Morgan fingerprint density at radius 1 is 1.64 bits per heavy atom. The molecule has 0 bridgehead atoms. The third-order valence-electron chi connectivity index (χ3n) is 1.37. The van der Waals surface area contributed by atoms with E-state index in [1.54, 1.807) is 0 Å². The molecule has 14 heavy (non-hydrogen) atoms. The van der Waals surface area contributed by atoms with Gasteiger partial charge in [0.2, 0.25) is 5.28 Å². The van der Waals surface area contributed by atoms with Gasteiger partial charge in [0.05, 0.1) is 24.6 Å². The fourth-order valence-corrected chi connectivity index (χ4v) is 1.71. The molecule has 78 valence electrons. The van der Waals surface area contributed by atoms with Gasteiger partial charge in [-0.15, -0.1) is 11.8 Å². The molecular formula is C7H10ClN3O2S. The van der Waals surface area contributed by atoms with Gasteiger partial charge in [-0.1, -0.05) is 0 Å². The predicted molar refractivity (Wildman–Crippen MR) is 55.3 cm³/mol. The largest absolute Gasteiger partial charge is 0.395 e. The molecule has 1 atom stereocenters. The Labute approximate surface area is 90.3 Å². The average molecular weight is 236 g/mol. The van der Waals surface area contributed by atoms with Crippen LogP contribution in [0.15, 0.2) is 11.2 Å². The van der Waals surface area contributed by atoms with E-state index >= 15 is 0 Å². The summed E-state index contributed by atoms with van der Waals surface area (Å²) in [6, 6.07) is 0. The number of hydrogen-bond acceptors (Lipinski definition) is 6. The number of aliphatic hydroxyl groups is 2. The van der Waals surface area contributed by atoms with Crippen molar-refractivity contribution < 1.29 is 10.2 Å². The monoisotopic (exact) mass is 235 g/mol. The van der Waals surface area contributed by atoms with Gasteiger partial charge in [-0.2, -0.15) is 0 Å². The summed E-state index contributed by atoms with van der Waals surface area (Å²) in [5.41, 5.74) is 5.98. The number of nitrogen functional groups attached to an aromatic ring is 1. The minimum Gasteiger partial charge on any atom is -0.395 e. The maximum absolute atomic E-state index is 9.09. The van der Waals surface area contributed by atoms with Crippen molar-refractivity contribution in [1.82, 2.24) is 9.97 Å². The van der Waals surface area contributed by atoms with Gasteiger partial charge in [-0.3, -0.25) is 0 Å². The summed E-state index contributed by atoms with van der Waals surface area (Å²) in [6.07, 6.45) is 0.622. The molecule has 0 aromatic carbocycles. The first-order valence-corrected chi connectivity index (χ1v) is 5.19. The van der Waals surface area contributed by atoms with E-state index in [4.69, 9.17) is 27.5 Å². The maximum atomic E-state index is 9.09. The highest BCUT2D eigenvalue weighted by molar-refractivity contribution is 7.99. The lowest BCUT2D eigenvalue weighted by molar-refractivity contribution is 0.113. The molecular weight excluding hydrogens is 226 g/mol. The molecule has 4 N–H and O–H groups in total. The lowest BCUT2D eigenvalue weighted by atomic mass is 10.4. The first-order chi connectivity index (χ1) is 6.63. The molecule has 0 amide bonds. The van der Waals surface area contributed by atoms with Crippen LogP contribution in [0.3, 0.4) is 0 Å². The zero-order valence-electron chi connectivity index (χ0n) is 7.22. The van der Waals surface area contributed by atoms with Crippen LogP contribution in [0.25, 0.3) is 0 Å². The Morgan fingerprint density at radius 3 is 3.00 bits per heavy atom. The molecule has 0 saturated heterocycles. The fourth-order valence-electron chi connectivity index (χ4n) is 0.699. The second kappa shape index (κ2) is 5.35. The van der Waals surface area contributed by atoms with E-state index in [9.17, 15) is 0 Å². The zero-order chi connectivity index (χ0) is 10.6. The summed E-state index contributed by atoms with van der Waals surface area (Å²) in [7, 11) is 0. The summed E-state index contributed by atoms with van der Waals surface area (Å²) in [5, 5.41) is 18.3. The van der Waals surface area contributed by atoms with E-state index in [0.717, 1.165) is 0 Å². The van der Waals surface area contributed by atoms with Crippen molar-refractivity contribution in [1.29, 1.82) is 0 Å². The Morgan fingerprint density at radius 2 is 2.36 bits per heavy atom. The van der Waals surface area contributed by atoms with Crippen LogP contribution in [-0.2, 0) is 0 Å². The SMILES string of the molecule is Nc1cnc(Cl)nc1SCC(O)CO.